The number of benzene rings is 1. The van der Waals surface area contributed by atoms with Crippen LogP contribution in [0, 0.1) is 11.7 Å². The van der Waals surface area contributed by atoms with Crippen LogP contribution in [0.4, 0.5) is 4.39 Å². The second-order valence-corrected chi connectivity index (χ2v) is 6.91. The number of halogens is 1. The standard InChI is InChI=1S/C19H25FN4O/c1-22(2)18(16-4-6-17(20)7-5-16)19(25)23-12-8-15(9-13-23)14-24-11-3-10-21-24/h3-7,10-11,15,18H,8-9,12-14H2,1-2H3/t18-/m1/s1. The first-order valence-corrected chi connectivity index (χ1v) is 8.72. The maximum Gasteiger partial charge on any atom is 0.244 e. The maximum absolute atomic E-state index is 13.2. The molecule has 1 amide bonds. The monoisotopic (exact) mass is 344 g/mol. The number of carbonyl (C=O) groups is 1. The van der Waals surface area contributed by atoms with Gasteiger partial charge in [-0.15, -0.1) is 0 Å². The van der Waals surface area contributed by atoms with E-state index in [2.05, 4.69) is 5.10 Å². The summed E-state index contributed by atoms with van der Waals surface area (Å²) in [5, 5.41) is 4.26. The van der Waals surface area contributed by atoms with E-state index in [4.69, 9.17) is 0 Å². The van der Waals surface area contributed by atoms with Crippen molar-refractivity contribution in [3.05, 3.63) is 54.1 Å². The van der Waals surface area contributed by atoms with Crippen LogP contribution in [-0.4, -0.2) is 52.7 Å². The number of hydrogen-bond donors (Lipinski definition) is 0. The van der Waals surface area contributed by atoms with Gasteiger partial charge in [-0.2, -0.15) is 5.10 Å². The van der Waals surface area contributed by atoms with E-state index >= 15 is 0 Å². The van der Waals surface area contributed by atoms with Crippen LogP contribution in [0.15, 0.2) is 42.7 Å². The van der Waals surface area contributed by atoms with E-state index in [1.807, 2.05) is 40.8 Å². The molecule has 0 aliphatic carbocycles. The largest absolute Gasteiger partial charge is 0.341 e. The summed E-state index contributed by atoms with van der Waals surface area (Å²) in [5.74, 6) is 0.356. The molecular weight excluding hydrogens is 319 g/mol. The van der Waals surface area contributed by atoms with Crippen molar-refractivity contribution in [3.8, 4) is 0 Å². The Labute approximate surface area is 148 Å². The van der Waals surface area contributed by atoms with Gasteiger partial charge < -0.3 is 4.90 Å². The topological polar surface area (TPSA) is 41.4 Å². The second-order valence-electron chi connectivity index (χ2n) is 6.91. The summed E-state index contributed by atoms with van der Waals surface area (Å²) >= 11 is 0. The van der Waals surface area contributed by atoms with Gasteiger partial charge in [0.2, 0.25) is 5.91 Å². The van der Waals surface area contributed by atoms with Gasteiger partial charge in [-0.1, -0.05) is 12.1 Å². The van der Waals surface area contributed by atoms with E-state index in [-0.39, 0.29) is 17.8 Å². The van der Waals surface area contributed by atoms with Crippen molar-refractivity contribution in [2.24, 2.45) is 5.92 Å². The van der Waals surface area contributed by atoms with E-state index < -0.39 is 0 Å². The SMILES string of the molecule is CN(C)[C@@H](C(=O)N1CCC(Cn2cccn2)CC1)c1ccc(F)cc1. The predicted octanol–water partition coefficient (Wildman–Crippen LogP) is 2.56. The lowest BCUT2D eigenvalue weighted by molar-refractivity contribution is -0.137. The molecule has 134 valence electrons. The molecule has 1 aromatic carbocycles. The molecule has 3 rings (SSSR count). The molecule has 0 unspecified atom stereocenters. The van der Waals surface area contributed by atoms with Crippen molar-refractivity contribution >= 4 is 5.91 Å². The normalized spacial score (nSPS) is 17.0. The number of rotatable bonds is 5. The molecule has 1 aromatic heterocycles. The fraction of sp³-hybridized carbons (Fsp3) is 0.474. The van der Waals surface area contributed by atoms with Crippen LogP contribution in [-0.2, 0) is 11.3 Å². The minimum Gasteiger partial charge on any atom is -0.341 e. The highest BCUT2D eigenvalue weighted by Crippen LogP contribution is 2.25. The predicted molar refractivity (Wildman–Crippen MR) is 94.4 cm³/mol. The Morgan fingerprint density at radius 3 is 2.52 bits per heavy atom. The number of likely N-dealkylation sites (tertiary alicyclic amines) is 1. The van der Waals surface area contributed by atoms with Gasteiger partial charge in [0, 0.05) is 32.0 Å². The zero-order valence-corrected chi connectivity index (χ0v) is 14.8. The zero-order valence-electron chi connectivity index (χ0n) is 14.8. The molecule has 1 fully saturated rings. The summed E-state index contributed by atoms with van der Waals surface area (Å²) in [4.78, 5) is 16.9. The molecule has 1 atom stereocenters. The quantitative estimate of drug-likeness (QED) is 0.837. The molecule has 0 spiro atoms. The van der Waals surface area contributed by atoms with Crippen LogP contribution in [0.3, 0.4) is 0 Å². The van der Waals surface area contributed by atoms with Gasteiger partial charge in [-0.3, -0.25) is 14.4 Å². The second kappa shape index (κ2) is 7.78. The summed E-state index contributed by atoms with van der Waals surface area (Å²) in [6, 6.07) is 7.78. The number of likely N-dealkylation sites (N-methyl/N-ethyl adjacent to an activating group) is 1. The first-order valence-electron chi connectivity index (χ1n) is 8.72. The molecule has 6 heteroatoms. The molecular formula is C19H25FN4O. The van der Waals surface area contributed by atoms with Crippen molar-refractivity contribution in [1.29, 1.82) is 0 Å². The summed E-state index contributed by atoms with van der Waals surface area (Å²) in [5.41, 5.74) is 0.829. The Morgan fingerprint density at radius 2 is 1.96 bits per heavy atom. The van der Waals surface area contributed by atoms with Crippen molar-refractivity contribution in [3.63, 3.8) is 0 Å². The zero-order chi connectivity index (χ0) is 17.8. The Bertz CT molecular complexity index is 676. The number of nitrogens with zero attached hydrogens (tertiary/aromatic N) is 4. The summed E-state index contributed by atoms with van der Waals surface area (Å²) in [7, 11) is 3.77. The van der Waals surface area contributed by atoms with Gasteiger partial charge in [-0.25, -0.2) is 4.39 Å². The highest BCUT2D eigenvalue weighted by atomic mass is 19.1. The average Bonchev–Trinajstić information content (AvgIpc) is 3.10. The summed E-state index contributed by atoms with van der Waals surface area (Å²) < 4.78 is 15.2. The smallest absolute Gasteiger partial charge is 0.244 e. The fourth-order valence-electron chi connectivity index (χ4n) is 3.49. The molecule has 1 aliphatic heterocycles. The van der Waals surface area contributed by atoms with Crippen LogP contribution in [0.25, 0.3) is 0 Å². The molecule has 0 radical (unpaired) electrons. The number of aromatic nitrogens is 2. The average molecular weight is 344 g/mol. The van der Waals surface area contributed by atoms with Crippen molar-refractivity contribution < 1.29 is 9.18 Å². The van der Waals surface area contributed by atoms with Crippen molar-refractivity contribution in [2.45, 2.75) is 25.4 Å². The lowest BCUT2D eigenvalue weighted by atomic mass is 9.95. The van der Waals surface area contributed by atoms with E-state index in [1.165, 1.54) is 12.1 Å². The van der Waals surface area contributed by atoms with Gasteiger partial charge in [0.1, 0.15) is 11.9 Å². The van der Waals surface area contributed by atoms with Crippen LogP contribution >= 0.6 is 0 Å². The van der Waals surface area contributed by atoms with Crippen LogP contribution < -0.4 is 0 Å². The third-order valence-electron chi connectivity index (χ3n) is 4.87. The number of piperidine rings is 1. The molecule has 0 N–H and O–H groups in total. The Balaban J connectivity index is 1.62. The van der Waals surface area contributed by atoms with Gasteiger partial charge in [0.05, 0.1) is 0 Å². The van der Waals surface area contributed by atoms with Crippen LogP contribution in [0.1, 0.15) is 24.4 Å². The van der Waals surface area contributed by atoms with E-state index in [9.17, 15) is 9.18 Å². The minimum absolute atomic E-state index is 0.0918. The van der Waals surface area contributed by atoms with Crippen molar-refractivity contribution in [2.75, 3.05) is 27.2 Å². The van der Waals surface area contributed by atoms with E-state index in [0.29, 0.717) is 5.92 Å². The minimum atomic E-state index is -0.372. The molecule has 0 bridgehead atoms. The Hall–Kier alpha value is -2.21. The van der Waals surface area contributed by atoms with Crippen LogP contribution in [0.5, 0.6) is 0 Å². The molecule has 2 heterocycles. The summed E-state index contributed by atoms with van der Waals surface area (Å²) in [6.45, 7) is 2.43. The fourth-order valence-corrected chi connectivity index (χ4v) is 3.49. The molecule has 2 aromatic rings. The summed E-state index contributed by atoms with van der Waals surface area (Å²) in [6.07, 6.45) is 5.74. The van der Waals surface area contributed by atoms with Crippen LogP contribution in [0.2, 0.25) is 0 Å². The first-order chi connectivity index (χ1) is 12.0. The highest BCUT2D eigenvalue weighted by Gasteiger charge is 2.30. The van der Waals surface area contributed by atoms with E-state index in [1.54, 1.807) is 18.3 Å². The Morgan fingerprint density at radius 1 is 1.28 bits per heavy atom. The third kappa shape index (κ3) is 4.25. The lowest BCUT2D eigenvalue weighted by Crippen LogP contribution is -2.45. The molecule has 5 nitrogen and oxygen atoms in total. The van der Waals surface area contributed by atoms with Gasteiger partial charge >= 0.3 is 0 Å². The van der Waals surface area contributed by atoms with E-state index in [0.717, 1.165) is 38.0 Å². The number of amides is 1. The Kier molecular flexibility index (Phi) is 5.48. The first kappa shape index (κ1) is 17.6. The van der Waals surface area contributed by atoms with Gasteiger partial charge in [0.15, 0.2) is 0 Å². The third-order valence-corrected chi connectivity index (χ3v) is 4.87. The lowest BCUT2D eigenvalue weighted by Gasteiger charge is -2.36. The molecule has 0 saturated carbocycles. The number of carbonyl (C=O) groups excluding carboxylic acids is 1. The molecule has 1 saturated heterocycles. The molecule has 1 aliphatic rings. The highest BCUT2D eigenvalue weighted by molar-refractivity contribution is 5.83. The maximum atomic E-state index is 13.2. The number of hydrogen-bond acceptors (Lipinski definition) is 3. The molecule has 25 heavy (non-hydrogen) atoms. The van der Waals surface area contributed by atoms with Crippen molar-refractivity contribution in [1.82, 2.24) is 19.6 Å². The van der Waals surface area contributed by atoms with Gasteiger partial charge in [-0.05, 0) is 56.6 Å². The van der Waals surface area contributed by atoms with Gasteiger partial charge in [0.25, 0.3) is 0 Å².